The van der Waals surface area contributed by atoms with Gasteiger partial charge in [0.1, 0.15) is 18.0 Å². The normalized spacial score (nSPS) is 14.2. The van der Waals surface area contributed by atoms with Crippen LogP contribution in [0.3, 0.4) is 0 Å². The van der Waals surface area contributed by atoms with Crippen LogP contribution in [0.2, 0.25) is 0 Å². The van der Waals surface area contributed by atoms with Gasteiger partial charge in [0.15, 0.2) is 11.3 Å². The molecule has 1 saturated heterocycles. The zero-order valence-corrected chi connectivity index (χ0v) is 19.9. The SMILES string of the molecule is CCCc1c(OCCCN2CC(=O)N(Cc3ccc(OC)cc3)C2=O)ccc2c(C(F)(F)F)noc12. The minimum atomic E-state index is -4.61. The first-order valence-electron chi connectivity index (χ1n) is 11.6. The monoisotopic (exact) mass is 505 g/mol. The van der Waals surface area contributed by atoms with E-state index >= 15 is 0 Å². The summed E-state index contributed by atoms with van der Waals surface area (Å²) in [5.74, 6) is 0.821. The Morgan fingerprint density at radius 3 is 2.53 bits per heavy atom. The lowest BCUT2D eigenvalue weighted by molar-refractivity contribution is -0.141. The van der Waals surface area contributed by atoms with Gasteiger partial charge in [-0.25, -0.2) is 4.79 Å². The Bertz CT molecular complexity index is 1240. The van der Waals surface area contributed by atoms with Gasteiger partial charge in [0, 0.05) is 12.1 Å². The maximum Gasteiger partial charge on any atom is 0.437 e. The van der Waals surface area contributed by atoms with Crippen molar-refractivity contribution < 1.29 is 36.8 Å². The molecule has 4 rings (SSSR count). The van der Waals surface area contributed by atoms with Gasteiger partial charge in [0.2, 0.25) is 0 Å². The van der Waals surface area contributed by atoms with Crippen molar-refractivity contribution in [3.63, 3.8) is 0 Å². The fraction of sp³-hybridized carbons (Fsp3) is 0.400. The van der Waals surface area contributed by atoms with Gasteiger partial charge in [-0.2, -0.15) is 13.2 Å². The second kappa shape index (κ2) is 10.5. The Hall–Kier alpha value is -3.76. The van der Waals surface area contributed by atoms with Crippen LogP contribution < -0.4 is 9.47 Å². The average Bonchev–Trinajstić information content (AvgIpc) is 3.40. The highest BCUT2D eigenvalue weighted by molar-refractivity contribution is 6.01. The molecule has 0 bridgehead atoms. The van der Waals surface area contributed by atoms with Crippen molar-refractivity contribution in [1.82, 2.24) is 15.0 Å². The molecule has 1 aliphatic heterocycles. The summed E-state index contributed by atoms with van der Waals surface area (Å²) in [4.78, 5) is 27.8. The van der Waals surface area contributed by atoms with E-state index in [1.807, 2.05) is 6.92 Å². The number of aryl methyl sites for hydroxylation is 1. The predicted octanol–water partition coefficient (Wildman–Crippen LogP) is 5.04. The van der Waals surface area contributed by atoms with Crippen LogP contribution in [0.4, 0.5) is 18.0 Å². The Balaban J connectivity index is 1.35. The fourth-order valence-electron chi connectivity index (χ4n) is 4.14. The van der Waals surface area contributed by atoms with E-state index in [2.05, 4.69) is 5.16 Å². The zero-order valence-electron chi connectivity index (χ0n) is 19.9. The summed E-state index contributed by atoms with van der Waals surface area (Å²) >= 11 is 0. The fourth-order valence-corrected chi connectivity index (χ4v) is 4.14. The number of carbonyl (C=O) groups is 2. The first kappa shape index (κ1) is 25.3. The molecule has 2 aromatic carbocycles. The molecular formula is C25H26F3N3O5. The number of hydrogen-bond donors (Lipinski definition) is 0. The molecular weight excluding hydrogens is 479 g/mol. The molecule has 3 aromatic rings. The van der Waals surface area contributed by atoms with Crippen molar-refractivity contribution >= 4 is 22.9 Å². The average molecular weight is 505 g/mol. The molecule has 1 aliphatic rings. The first-order valence-corrected chi connectivity index (χ1v) is 11.6. The van der Waals surface area contributed by atoms with Crippen LogP contribution in [-0.4, -0.2) is 53.7 Å². The van der Waals surface area contributed by atoms with Crippen molar-refractivity contribution in [3.05, 3.63) is 53.2 Å². The lowest BCUT2D eigenvalue weighted by Crippen LogP contribution is -2.33. The molecule has 0 radical (unpaired) electrons. The van der Waals surface area contributed by atoms with E-state index in [0.717, 1.165) is 5.56 Å². The van der Waals surface area contributed by atoms with E-state index in [0.29, 0.717) is 42.9 Å². The highest BCUT2D eigenvalue weighted by Gasteiger charge is 2.38. The molecule has 0 N–H and O–H groups in total. The van der Waals surface area contributed by atoms with E-state index in [9.17, 15) is 22.8 Å². The van der Waals surface area contributed by atoms with Crippen molar-refractivity contribution in [2.24, 2.45) is 0 Å². The summed E-state index contributed by atoms with van der Waals surface area (Å²) in [5.41, 5.74) is 0.340. The molecule has 0 saturated carbocycles. The van der Waals surface area contributed by atoms with Crippen LogP contribution >= 0.6 is 0 Å². The van der Waals surface area contributed by atoms with Crippen molar-refractivity contribution in [1.29, 1.82) is 0 Å². The lowest BCUT2D eigenvalue weighted by Gasteiger charge is -2.18. The van der Waals surface area contributed by atoms with Crippen LogP contribution in [0.5, 0.6) is 11.5 Å². The van der Waals surface area contributed by atoms with E-state index in [1.165, 1.54) is 21.9 Å². The van der Waals surface area contributed by atoms with E-state index in [4.69, 9.17) is 14.0 Å². The van der Waals surface area contributed by atoms with E-state index in [-0.39, 0.29) is 42.6 Å². The summed E-state index contributed by atoms with van der Waals surface area (Å²) in [6.07, 6.45) is -3.05. The summed E-state index contributed by atoms with van der Waals surface area (Å²) in [7, 11) is 1.56. The largest absolute Gasteiger partial charge is 0.497 e. The quantitative estimate of drug-likeness (QED) is 0.284. The number of rotatable bonds is 10. The number of nitrogens with zero attached hydrogens (tertiary/aromatic N) is 3. The smallest absolute Gasteiger partial charge is 0.437 e. The van der Waals surface area contributed by atoms with Crippen LogP contribution in [-0.2, 0) is 23.9 Å². The molecule has 36 heavy (non-hydrogen) atoms. The van der Waals surface area contributed by atoms with Crippen LogP contribution in [0, 0.1) is 0 Å². The molecule has 0 atom stereocenters. The van der Waals surface area contributed by atoms with Crippen LogP contribution in [0.25, 0.3) is 11.0 Å². The van der Waals surface area contributed by atoms with Gasteiger partial charge >= 0.3 is 12.2 Å². The van der Waals surface area contributed by atoms with Crippen LogP contribution in [0.1, 0.15) is 36.6 Å². The van der Waals surface area contributed by atoms with Gasteiger partial charge in [-0.05, 0) is 42.7 Å². The number of fused-ring (bicyclic) bond motifs is 1. The molecule has 0 aliphatic carbocycles. The van der Waals surface area contributed by atoms with Gasteiger partial charge in [0.05, 0.1) is 25.6 Å². The molecule has 0 spiro atoms. The summed E-state index contributed by atoms with van der Waals surface area (Å²) in [6.45, 7) is 2.57. The lowest BCUT2D eigenvalue weighted by atomic mass is 10.0. The number of urea groups is 1. The molecule has 0 unspecified atom stereocenters. The minimum absolute atomic E-state index is 0.0136. The van der Waals surface area contributed by atoms with Gasteiger partial charge in [-0.1, -0.05) is 30.6 Å². The Morgan fingerprint density at radius 1 is 1.11 bits per heavy atom. The topological polar surface area (TPSA) is 85.1 Å². The third-order valence-corrected chi connectivity index (χ3v) is 5.93. The first-order chi connectivity index (χ1) is 17.2. The third-order valence-electron chi connectivity index (χ3n) is 5.93. The number of halogens is 3. The summed E-state index contributed by atoms with van der Waals surface area (Å²) in [5, 5.41) is 3.12. The molecule has 1 aromatic heterocycles. The van der Waals surface area contributed by atoms with Gasteiger partial charge in [-0.15, -0.1) is 0 Å². The number of benzene rings is 2. The molecule has 2 heterocycles. The summed E-state index contributed by atoms with van der Waals surface area (Å²) in [6, 6.07) is 9.54. The second-order valence-corrected chi connectivity index (χ2v) is 8.43. The standard InChI is InChI=1S/C25H26F3N3O5/c1-3-5-18-20(11-10-19-22(18)36-29-23(19)25(26,27)28)35-13-4-12-30-15-21(32)31(24(30)33)14-16-6-8-17(34-2)9-7-16/h6-11H,3-5,12-15H2,1-2H3. The van der Waals surface area contributed by atoms with Gasteiger partial charge < -0.3 is 18.9 Å². The predicted molar refractivity (Wildman–Crippen MR) is 124 cm³/mol. The van der Waals surface area contributed by atoms with Crippen molar-refractivity contribution in [2.45, 2.75) is 38.9 Å². The number of alkyl halides is 3. The number of hydrogen-bond acceptors (Lipinski definition) is 6. The highest BCUT2D eigenvalue weighted by Crippen LogP contribution is 2.38. The molecule has 8 nitrogen and oxygen atoms in total. The molecule has 192 valence electrons. The maximum absolute atomic E-state index is 13.2. The Morgan fingerprint density at radius 2 is 1.86 bits per heavy atom. The number of imide groups is 1. The Kier molecular flexibility index (Phi) is 7.37. The summed E-state index contributed by atoms with van der Waals surface area (Å²) < 4.78 is 55.6. The van der Waals surface area contributed by atoms with Crippen LogP contribution in [0.15, 0.2) is 40.9 Å². The van der Waals surface area contributed by atoms with E-state index < -0.39 is 11.9 Å². The number of amides is 3. The van der Waals surface area contributed by atoms with E-state index in [1.54, 1.807) is 31.4 Å². The van der Waals surface area contributed by atoms with Gasteiger partial charge in [-0.3, -0.25) is 9.69 Å². The second-order valence-electron chi connectivity index (χ2n) is 8.43. The Labute approximate surface area is 205 Å². The number of aromatic nitrogens is 1. The number of carbonyl (C=O) groups excluding carboxylic acids is 2. The van der Waals surface area contributed by atoms with Crippen molar-refractivity contribution in [3.8, 4) is 11.5 Å². The maximum atomic E-state index is 13.2. The number of methoxy groups -OCH3 is 1. The molecule has 3 amide bonds. The van der Waals surface area contributed by atoms with Gasteiger partial charge in [0.25, 0.3) is 5.91 Å². The third kappa shape index (κ3) is 5.24. The molecule has 1 fully saturated rings. The zero-order chi connectivity index (χ0) is 25.9. The number of ether oxygens (including phenoxy) is 2. The minimum Gasteiger partial charge on any atom is -0.497 e. The highest BCUT2D eigenvalue weighted by atomic mass is 19.4. The van der Waals surface area contributed by atoms with Crippen molar-refractivity contribution in [2.75, 3.05) is 26.8 Å². The molecule has 11 heteroatoms.